The quantitative estimate of drug-likeness (QED) is 0.650. The normalized spacial score (nSPS) is 11.4. The molecule has 0 radical (unpaired) electrons. The van der Waals surface area contributed by atoms with Gasteiger partial charge in [0.25, 0.3) is 0 Å². The lowest BCUT2D eigenvalue weighted by Crippen LogP contribution is -1.91. The van der Waals surface area contributed by atoms with Crippen molar-refractivity contribution in [3.8, 4) is 0 Å². The van der Waals surface area contributed by atoms with Gasteiger partial charge in [-0.2, -0.15) is 0 Å². The smallest absolute Gasteiger partial charge is 0.153 e. The molecule has 0 bridgehead atoms. The van der Waals surface area contributed by atoms with Crippen molar-refractivity contribution in [1.29, 1.82) is 0 Å². The third-order valence-corrected chi connectivity index (χ3v) is 2.54. The molecule has 0 saturated carbocycles. The number of nitrogens with zero attached hydrogens (tertiary/aromatic N) is 1. The van der Waals surface area contributed by atoms with Crippen molar-refractivity contribution in [3.63, 3.8) is 0 Å². The summed E-state index contributed by atoms with van der Waals surface area (Å²) < 4.78 is 5.36. The molecule has 1 atom stereocenters. The van der Waals surface area contributed by atoms with Gasteiger partial charge in [0.05, 0.1) is 0 Å². The molecule has 0 N–H and O–H groups in total. The van der Waals surface area contributed by atoms with E-state index < -0.39 is 0 Å². The first-order valence-electron chi connectivity index (χ1n) is 4.31. The van der Waals surface area contributed by atoms with Gasteiger partial charge < -0.3 is 4.42 Å². The maximum Gasteiger partial charge on any atom is 0.153 e. The van der Waals surface area contributed by atoms with Crippen molar-refractivity contribution in [1.82, 2.24) is 4.98 Å². The first-order chi connectivity index (χ1) is 6.18. The second kappa shape index (κ2) is 3.12. The number of hydrogen-bond donors (Lipinski definition) is 0. The van der Waals surface area contributed by atoms with Gasteiger partial charge >= 0.3 is 0 Å². The van der Waals surface area contributed by atoms with E-state index in [0.29, 0.717) is 5.92 Å². The van der Waals surface area contributed by atoms with E-state index in [2.05, 4.69) is 34.1 Å². The Kier molecular flexibility index (Phi) is 2.09. The molecule has 2 nitrogen and oxygen atoms in total. The van der Waals surface area contributed by atoms with Crippen molar-refractivity contribution < 1.29 is 4.42 Å². The zero-order chi connectivity index (χ0) is 9.42. The van der Waals surface area contributed by atoms with Gasteiger partial charge in [-0.05, 0) is 17.5 Å². The van der Waals surface area contributed by atoms with Gasteiger partial charge in [0.15, 0.2) is 5.58 Å². The van der Waals surface area contributed by atoms with Crippen molar-refractivity contribution in [2.45, 2.75) is 19.8 Å². The molecule has 2 rings (SSSR count). The highest BCUT2D eigenvalue weighted by molar-refractivity contribution is 7.28. The van der Waals surface area contributed by atoms with Crippen LogP contribution in [0.25, 0.3) is 11.1 Å². The topological polar surface area (TPSA) is 26.0 Å². The molecule has 2 aromatic heterocycles. The average molecular weight is 193 g/mol. The van der Waals surface area contributed by atoms with Crippen LogP contribution in [0.2, 0.25) is 0 Å². The Bertz CT molecular complexity index is 433. The number of rotatable bonds is 1. The molecule has 0 spiro atoms. The van der Waals surface area contributed by atoms with Crippen LogP contribution >= 0.6 is 9.24 Å². The summed E-state index contributed by atoms with van der Waals surface area (Å²) in [6.45, 7) is 4.29. The van der Waals surface area contributed by atoms with E-state index in [1.54, 1.807) is 6.26 Å². The summed E-state index contributed by atoms with van der Waals surface area (Å²) >= 11 is 0. The molecule has 13 heavy (non-hydrogen) atoms. The van der Waals surface area contributed by atoms with Crippen molar-refractivity contribution in [2.24, 2.45) is 0 Å². The molecule has 0 aliphatic rings. The molecule has 0 amide bonds. The fourth-order valence-electron chi connectivity index (χ4n) is 1.26. The molecule has 68 valence electrons. The van der Waals surface area contributed by atoms with E-state index in [0.717, 1.165) is 16.4 Å². The SMILES string of the molecule is CC(C)c1cnc2c(P)coc2c1. The number of aromatic nitrogens is 1. The molecular weight excluding hydrogens is 181 g/mol. The fraction of sp³-hybridized carbons (Fsp3) is 0.300. The lowest BCUT2D eigenvalue weighted by Gasteiger charge is -2.02. The highest BCUT2D eigenvalue weighted by atomic mass is 31.0. The molecule has 2 aromatic rings. The predicted molar refractivity (Wildman–Crippen MR) is 57.4 cm³/mol. The van der Waals surface area contributed by atoms with E-state index in [9.17, 15) is 0 Å². The summed E-state index contributed by atoms with van der Waals surface area (Å²) in [5.74, 6) is 0.495. The van der Waals surface area contributed by atoms with E-state index in [1.807, 2.05) is 6.20 Å². The summed E-state index contributed by atoms with van der Waals surface area (Å²) in [4.78, 5) is 4.35. The number of hydrogen-bond acceptors (Lipinski definition) is 2. The molecule has 1 unspecified atom stereocenters. The lowest BCUT2D eigenvalue weighted by atomic mass is 10.1. The number of furan rings is 1. The number of fused-ring (bicyclic) bond motifs is 1. The van der Waals surface area contributed by atoms with Crippen LogP contribution in [0.1, 0.15) is 25.3 Å². The summed E-state index contributed by atoms with van der Waals surface area (Å²) in [5.41, 5.74) is 3.03. The van der Waals surface area contributed by atoms with Crippen LogP contribution in [0.5, 0.6) is 0 Å². The Labute approximate surface area is 79.6 Å². The zero-order valence-electron chi connectivity index (χ0n) is 7.74. The van der Waals surface area contributed by atoms with Gasteiger partial charge in [0.1, 0.15) is 11.8 Å². The molecule has 3 heteroatoms. The molecule has 2 heterocycles. The Hall–Kier alpha value is -0.880. The van der Waals surface area contributed by atoms with Crippen molar-refractivity contribution in [2.75, 3.05) is 0 Å². The van der Waals surface area contributed by atoms with Crippen LogP contribution in [-0.2, 0) is 0 Å². The Balaban J connectivity index is 2.63. The minimum Gasteiger partial charge on any atom is -0.462 e. The molecular formula is C10H12NOP. The second-order valence-electron chi connectivity index (χ2n) is 3.46. The molecule has 0 aliphatic heterocycles. The Morgan fingerprint density at radius 2 is 2.23 bits per heavy atom. The maximum absolute atomic E-state index is 5.36. The third kappa shape index (κ3) is 1.47. The third-order valence-electron chi connectivity index (χ3n) is 2.13. The van der Waals surface area contributed by atoms with Crippen LogP contribution in [0.3, 0.4) is 0 Å². The Morgan fingerprint density at radius 3 is 2.92 bits per heavy atom. The van der Waals surface area contributed by atoms with Crippen molar-refractivity contribution >= 4 is 25.6 Å². The average Bonchev–Trinajstić information content (AvgIpc) is 2.47. The fourth-order valence-corrected chi connectivity index (χ4v) is 1.55. The molecule has 0 saturated heterocycles. The zero-order valence-corrected chi connectivity index (χ0v) is 8.90. The van der Waals surface area contributed by atoms with Gasteiger partial charge in [-0.1, -0.05) is 23.1 Å². The maximum atomic E-state index is 5.36. The monoisotopic (exact) mass is 193 g/mol. The van der Waals surface area contributed by atoms with Gasteiger partial charge in [0, 0.05) is 11.5 Å². The van der Waals surface area contributed by atoms with Gasteiger partial charge in [-0.15, -0.1) is 0 Å². The first kappa shape index (κ1) is 8.71. The number of pyridine rings is 1. The van der Waals surface area contributed by atoms with Gasteiger partial charge in [-0.25, -0.2) is 0 Å². The molecule has 0 aromatic carbocycles. The van der Waals surface area contributed by atoms with Crippen LogP contribution in [-0.4, -0.2) is 4.98 Å². The standard InChI is InChI=1S/C10H12NOP/c1-6(2)7-3-8-10(11-4-7)9(13)5-12-8/h3-6H,13H2,1-2H3. The lowest BCUT2D eigenvalue weighted by molar-refractivity contribution is 0.616. The van der Waals surface area contributed by atoms with Crippen LogP contribution in [0.4, 0.5) is 0 Å². The largest absolute Gasteiger partial charge is 0.462 e. The minimum absolute atomic E-state index is 0.495. The summed E-state index contributed by atoms with van der Waals surface area (Å²) in [6, 6.07) is 2.06. The van der Waals surface area contributed by atoms with Crippen LogP contribution < -0.4 is 5.30 Å². The highest BCUT2D eigenvalue weighted by Crippen LogP contribution is 2.19. The van der Waals surface area contributed by atoms with Gasteiger partial charge in [0.2, 0.25) is 0 Å². The van der Waals surface area contributed by atoms with Crippen LogP contribution in [0, 0.1) is 0 Å². The van der Waals surface area contributed by atoms with Crippen LogP contribution in [0.15, 0.2) is 22.9 Å². The van der Waals surface area contributed by atoms with E-state index >= 15 is 0 Å². The van der Waals surface area contributed by atoms with E-state index in [4.69, 9.17) is 4.42 Å². The summed E-state index contributed by atoms with van der Waals surface area (Å²) in [7, 11) is 2.61. The first-order valence-corrected chi connectivity index (χ1v) is 4.89. The highest BCUT2D eigenvalue weighted by Gasteiger charge is 2.06. The summed E-state index contributed by atoms with van der Waals surface area (Å²) in [5, 5.41) is 1.02. The molecule has 0 fully saturated rings. The van der Waals surface area contributed by atoms with Crippen molar-refractivity contribution in [3.05, 3.63) is 24.1 Å². The Morgan fingerprint density at radius 1 is 1.46 bits per heavy atom. The molecule has 0 aliphatic carbocycles. The second-order valence-corrected chi connectivity index (χ2v) is 4.08. The van der Waals surface area contributed by atoms with Gasteiger partial charge in [-0.3, -0.25) is 4.98 Å². The minimum atomic E-state index is 0.495. The summed E-state index contributed by atoms with van der Waals surface area (Å²) in [6.07, 6.45) is 3.63. The predicted octanol–water partition coefficient (Wildman–Crippen LogP) is 2.45. The van der Waals surface area contributed by atoms with E-state index in [-0.39, 0.29) is 0 Å². The van der Waals surface area contributed by atoms with E-state index in [1.165, 1.54) is 5.56 Å².